The molecule has 3 aromatic carbocycles. The zero-order valence-electron chi connectivity index (χ0n) is 14.9. The molecule has 1 aromatic heterocycles. The summed E-state index contributed by atoms with van der Waals surface area (Å²) >= 11 is 0. The molecule has 4 rings (SSSR count). The van der Waals surface area contributed by atoms with E-state index >= 15 is 0 Å². The van der Waals surface area contributed by atoms with Crippen molar-refractivity contribution in [2.24, 2.45) is 0 Å². The third kappa shape index (κ3) is 2.58. The molecule has 1 N–H and O–H groups in total. The maximum absolute atomic E-state index is 12.4. The van der Waals surface area contributed by atoms with Crippen LogP contribution >= 0.6 is 0 Å². The van der Waals surface area contributed by atoms with Gasteiger partial charge >= 0.3 is 0 Å². The van der Waals surface area contributed by atoms with Crippen molar-refractivity contribution >= 4 is 16.8 Å². The second kappa shape index (κ2) is 6.52. The van der Waals surface area contributed by atoms with Crippen LogP contribution in [0.2, 0.25) is 0 Å². The van der Waals surface area contributed by atoms with Crippen LogP contribution in [-0.2, 0) is 0 Å². The van der Waals surface area contributed by atoms with E-state index in [9.17, 15) is 4.79 Å². The summed E-state index contributed by atoms with van der Waals surface area (Å²) in [6.45, 7) is 2.00. The molecule has 0 bridgehead atoms. The predicted molar refractivity (Wildman–Crippen MR) is 107 cm³/mol. The topological polar surface area (TPSA) is 34.0 Å². The molecule has 0 spiro atoms. The van der Waals surface area contributed by atoms with Gasteiger partial charge in [0.05, 0.1) is 11.1 Å². The zero-order chi connectivity index (χ0) is 18.1. The summed E-state index contributed by atoms with van der Waals surface area (Å²) < 4.78 is 2.15. The number of benzene rings is 3. The molecular weight excluding hydrogens is 320 g/mol. The van der Waals surface area contributed by atoms with Crippen molar-refractivity contribution in [3.05, 3.63) is 90.1 Å². The molecule has 3 heteroatoms. The average Bonchev–Trinajstić information content (AvgIpc) is 3.00. The number of hydrogen-bond acceptors (Lipinski definition) is 1. The Hall–Kier alpha value is -3.33. The first kappa shape index (κ1) is 16.2. The Bertz CT molecular complexity index is 1080. The van der Waals surface area contributed by atoms with E-state index in [0.29, 0.717) is 0 Å². The maximum atomic E-state index is 12.4. The van der Waals surface area contributed by atoms with E-state index in [-0.39, 0.29) is 5.91 Å². The first-order chi connectivity index (χ1) is 12.7. The molecule has 0 radical (unpaired) electrons. The smallest absolute Gasteiger partial charge is 0.253 e. The SMILES string of the molecule is CNC(=O)c1c(C)n(-c2ccc(-c3ccccc3)cc2)c2ccccc12. The summed E-state index contributed by atoms with van der Waals surface area (Å²) in [6.07, 6.45) is 0. The van der Waals surface area contributed by atoms with Crippen LogP contribution in [0.15, 0.2) is 78.9 Å². The van der Waals surface area contributed by atoms with Gasteiger partial charge in [-0.1, -0.05) is 60.7 Å². The molecule has 0 aliphatic carbocycles. The van der Waals surface area contributed by atoms with Crippen LogP contribution < -0.4 is 5.32 Å². The van der Waals surface area contributed by atoms with Gasteiger partial charge < -0.3 is 9.88 Å². The molecule has 0 aliphatic rings. The fourth-order valence-corrected chi connectivity index (χ4v) is 3.55. The van der Waals surface area contributed by atoms with Gasteiger partial charge in [0.25, 0.3) is 5.91 Å². The highest BCUT2D eigenvalue weighted by Crippen LogP contribution is 2.30. The molecule has 0 fully saturated rings. The Balaban J connectivity index is 1.87. The number of fused-ring (bicyclic) bond motifs is 1. The number of para-hydroxylation sites is 1. The average molecular weight is 340 g/mol. The van der Waals surface area contributed by atoms with Crippen molar-refractivity contribution in [3.8, 4) is 16.8 Å². The van der Waals surface area contributed by atoms with E-state index in [4.69, 9.17) is 0 Å². The summed E-state index contributed by atoms with van der Waals surface area (Å²) in [5.41, 5.74) is 6.13. The van der Waals surface area contributed by atoms with Gasteiger partial charge in [-0.3, -0.25) is 4.79 Å². The lowest BCUT2D eigenvalue weighted by atomic mass is 10.1. The molecule has 0 unspecified atom stereocenters. The van der Waals surface area contributed by atoms with Gasteiger partial charge in [-0.25, -0.2) is 0 Å². The van der Waals surface area contributed by atoms with Crippen LogP contribution in [0.3, 0.4) is 0 Å². The minimum Gasteiger partial charge on any atom is -0.355 e. The summed E-state index contributed by atoms with van der Waals surface area (Å²) in [6, 6.07) is 26.8. The number of aromatic nitrogens is 1. The lowest BCUT2D eigenvalue weighted by Gasteiger charge is -2.10. The number of rotatable bonds is 3. The highest BCUT2D eigenvalue weighted by atomic mass is 16.1. The fourth-order valence-electron chi connectivity index (χ4n) is 3.55. The largest absolute Gasteiger partial charge is 0.355 e. The minimum atomic E-state index is -0.0571. The number of hydrogen-bond donors (Lipinski definition) is 1. The zero-order valence-corrected chi connectivity index (χ0v) is 14.9. The van der Waals surface area contributed by atoms with Crippen LogP contribution in [0, 0.1) is 6.92 Å². The van der Waals surface area contributed by atoms with Gasteiger partial charge in [0.15, 0.2) is 0 Å². The lowest BCUT2D eigenvalue weighted by molar-refractivity contribution is 0.0964. The molecule has 0 aliphatic heterocycles. The third-order valence-corrected chi connectivity index (χ3v) is 4.80. The first-order valence-electron chi connectivity index (χ1n) is 8.68. The lowest BCUT2D eigenvalue weighted by Crippen LogP contribution is -2.18. The Morgan fingerprint density at radius 3 is 2.12 bits per heavy atom. The number of amides is 1. The summed E-state index contributed by atoms with van der Waals surface area (Å²) in [4.78, 5) is 12.4. The van der Waals surface area contributed by atoms with Crippen LogP contribution in [0.5, 0.6) is 0 Å². The van der Waals surface area contributed by atoms with Crippen molar-refractivity contribution in [2.45, 2.75) is 6.92 Å². The quantitative estimate of drug-likeness (QED) is 0.561. The van der Waals surface area contributed by atoms with Crippen molar-refractivity contribution < 1.29 is 4.79 Å². The monoisotopic (exact) mass is 340 g/mol. The van der Waals surface area contributed by atoms with Gasteiger partial charge in [-0.2, -0.15) is 0 Å². The molecule has 26 heavy (non-hydrogen) atoms. The standard InChI is InChI=1S/C23H20N2O/c1-16-22(23(26)24-2)20-10-6-7-11-21(20)25(16)19-14-12-18(13-15-19)17-8-4-3-5-9-17/h3-15H,1-2H3,(H,24,26). The van der Waals surface area contributed by atoms with Crippen molar-refractivity contribution in [1.29, 1.82) is 0 Å². The molecule has 1 amide bonds. The Morgan fingerprint density at radius 1 is 0.808 bits per heavy atom. The van der Waals surface area contributed by atoms with Gasteiger partial charge in [0, 0.05) is 23.8 Å². The number of nitrogens with one attached hydrogen (secondary N) is 1. The fraction of sp³-hybridized carbons (Fsp3) is 0.0870. The molecule has 3 nitrogen and oxygen atoms in total. The number of nitrogens with zero attached hydrogens (tertiary/aromatic N) is 1. The van der Waals surface area contributed by atoms with Gasteiger partial charge in [0.2, 0.25) is 0 Å². The predicted octanol–water partition coefficient (Wildman–Crippen LogP) is 4.97. The van der Waals surface area contributed by atoms with Crippen molar-refractivity contribution in [3.63, 3.8) is 0 Å². The van der Waals surface area contributed by atoms with E-state index in [1.807, 2.05) is 43.3 Å². The maximum Gasteiger partial charge on any atom is 0.253 e. The van der Waals surface area contributed by atoms with E-state index in [1.54, 1.807) is 7.05 Å². The number of carbonyl (C=O) groups excluding carboxylic acids is 1. The highest BCUT2D eigenvalue weighted by molar-refractivity contribution is 6.08. The Kier molecular flexibility index (Phi) is 4.05. The summed E-state index contributed by atoms with van der Waals surface area (Å²) in [5, 5.41) is 3.73. The van der Waals surface area contributed by atoms with E-state index < -0.39 is 0 Å². The van der Waals surface area contributed by atoms with Crippen LogP contribution in [0.4, 0.5) is 0 Å². The molecular formula is C23H20N2O. The molecule has 0 saturated heterocycles. The van der Waals surface area contributed by atoms with E-state index in [1.165, 1.54) is 11.1 Å². The first-order valence-corrected chi connectivity index (χ1v) is 8.68. The second-order valence-electron chi connectivity index (χ2n) is 6.30. The number of carbonyl (C=O) groups is 1. The van der Waals surface area contributed by atoms with Crippen LogP contribution in [0.1, 0.15) is 16.1 Å². The van der Waals surface area contributed by atoms with Crippen LogP contribution in [-0.4, -0.2) is 17.5 Å². The molecule has 0 saturated carbocycles. The summed E-state index contributed by atoms with van der Waals surface area (Å²) in [5.74, 6) is -0.0571. The van der Waals surface area contributed by atoms with Gasteiger partial charge in [-0.05, 0) is 36.2 Å². The summed E-state index contributed by atoms with van der Waals surface area (Å²) in [7, 11) is 1.67. The van der Waals surface area contributed by atoms with Crippen molar-refractivity contribution in [1.82, 2.24) is 9.88 Å². The molecule has 4 aromatic rings. The van der Waals surface area contributed by atoms with Crippen LogP contribution in [0.25, 0.3) is 27.7 Å². The van der Waals surface area contributed by atoms with Gasteiger partial charge in [-0.15, -0.1) is 0 Å². The molecule has 1 heterocycles. The second-order valence-corrected chi connectivity index (χ2v) is 6.30. The third-order valence-electron chi connectivity index (χ3n) is 4.80. The molecule has 128 valence electrons. The Morgan fingerprint density at radius 2 is 1.42 bits per heavy atom. The van der Waals surface area contributed by atoms with Crippen molar-refractivity contribution in [2.75, 3.05) is 7.05 Å². The minimum absolute atomic E-state index is 0.0571. The Labute approximate surface area is 152 Å². The molecule has 0 atom stereocenters. The highest BCUT2D eigenvalue weighted by Gasteiger charge is 2.19. The normalized spacial score (nSPS) is 10.8. The van der Waals surface area contributed by atoms with Gasteiger partial charge in [0.1, 0.15) is 0 Å². The van der Waals surface area contributed by atoms with E-state index in [2.05, 4.69) is 52.3 Å². The van der Waals surface area contributed by atoms with E-state index in [0.717, 1.165) is 27.8 Å².